The van der Waals surface area contributed by atoms with Crippen molar-refractivity contribution in [1.29, 1.82) is 0 Å². The molecule has 0 aromatic heterocycles. The number of aliphatic hydroxyl groups is 2. The molecule has 0 spiro atoms. The van der Waals surface area contributed by atoms with Crippen molar-refractivity contribution in [2.75, 3.05) is 6.61 Å². The van der Waals surface area contributed by atoms with E-state index in [1.807, 2.05) is 6.08 Å². The van der Waals surface area contributed by atoms with E-state index in [1.54, 1.807) is 0 Å². The molecule has 2 N–H and O–H groups in total. The Morgan fingerprint density at radius 2 is 1.57 bits per heavy atom. The zero-order chi connectivity index (χ0) is 10.6. The highest BCUT2D eigenvalue weighted by Gasteiger charge is 1.95. The molecule has 0 radical (unpaired) electrons. The summed E-state index contributed by atoms with van der Waals surface area (Å²) in [6, 6.07) is 0. The van der Waals surface area contributed by atoms with Crippen LogP contribution in [0.25, 0.3) is 0 Å². The van der Waals surface area contributed by atoms with Crippen LogP contribution in [0.2, 0.25) is 0 Å². The Balaban J connectivity index is 3.26. The number of hydrogen-bond acceptors (Lipinski definition) is 2. The quantitative estimate of drug-likeness (QED) is 0.464. The van der Waals surface area contributed by atoms with Gasteiger partial charge in [-0.3, -0.25) is 0 Å². The smallest absolute Gasteiger partial charge is 0.0805 e. The van der Waals surface area contributed by atoms with Crippen LogP contribution < -0.4 is 0 Å². The van der Waals surface area contributed by atoms with Crippen LogP contribution in [0.3, 0.4) is 0 Å². The second-order valence-corrected chi connectivity index (χ2v) is 3.38. The topological polar surface area (TPSA) is 40.5 Å². The molecule has 0 amide bonds. The molecule has 0 heterocycles. The van der Waals surface area contributed by atoms with E-state index in [1.165, 1.54) is 6.42 Å². The molecule has 2 nitrogen and oxygen atoms in total. The van der Waals surface area contributed by atoms with Crippen molar-refractivity contribution < 1.29 is 10.2 Å². The molecule has 0 rings (SSSR count). The van der Waals surface area contributed by atoms with Crippen molar-refractivity contribution in [3.63, 3.8) is 0 Å². The molecule has 0 aliphatic heterocycles. The van der Waals surface area contributed by atoms with E-state index in [4.69, 9.17) is 10.2 Å². The lowest BCUT2D eigenvalue weighted by Crippen LogP contribution is -2.09. The lowest BCUT2D eigenvalue weighted by Gasteiger charge is -2.00. The number of allylic oxidation sites excluding steroid dienone is 3. The molecule has 0 saturated carbocycles. The zero-order valence-electron chi connectivity index (χ0n) is 9.02. The van der Waals surface area contributed by atoms with E-state index < -0.39 is 6.10 Å². The zero-order valence-corrected chi connectivity index (χ0v) is 9.02. The highest BCUT2D eigenvalue weighted by Crippen LogP contribution is 1.98. The third-order valence-electron chi connectivity index (χ3n) is 1.91. The second-order valence-electron chi connectivity index (χ2n) is 3.38. The van der Waals surface area contributed by atoms with E-state index in [0.29, 0.717) is 6.42 Å². The Morgan fingerprint density at radius 3 is 2.14 bits per heavy atom. The van der Waals surface area contributed by atoms with Crippen molar-refractivity contribution >= 4 is 0 Å². The Kier molecular flexibility index (Phi) is 10.0. The summed E-state index contributed by atoms with van der Waals surface area (Å²) < 4.78 is 0. The monoisotopic (exact) mass is 198 g/mol. The summed E-state index contributed by atoms with van der Waals surface area (Å²) >= 11 is 0. The van der Waals surface area contributed by atoms with Crippen LogP contribution in [-0.2, 0) is 0 Å². The third-order valence-corrected chi connectivity index (χ3v) is 1.91. The first-order chi connectivity index (χ1) is 6.81. The minimum absolute atomic E-state index is 0.152. The lowest BCUT2D eigenvalue weighted by atomic mass is 10.2. The Hall–Kier alpha value is -0.600. The van der Waals surface area contributed by atoms with Crippen molar-refractivity contribution in [3.05, 3.63) is 24.3 Å². The average Bonchev–Trinajstić information content (AvgIpc) is 2.21. The Labute approximate surface area is 87.0 Å². The Bertz CT molecular complexity index is 162. The van der Waals surface area contributed by atoms with Gasteiger partial charge in [-0.25, -0.2) is 0 Å². The molecule has 0 aliphatic carbocycles. The van der Waals surface area contributed by atoms with Crippen LogP contribution in [0.1, 0.15) is 39.0 Å². The van der Waals surface area contributed by atoms with Gasteiger partial charge in [0.2, 0.25) is 0 Å². The molecule has 0 bridgehead atoms. The maximum atomic E-state index is 9.02. The molecule has 1 atom stereocenters. The van der Waals surface area contributed by atoms with Crippen molar-refractivity contribution in [3.8, 4) is 0 Å². The predicted octanol–water partition coefficient (Wildman–Crippen LogP) is 2.42. The highest BCUT2D eigenvalue weighted by molar-refractivity contribution is 4.88. The van der Waals surface area contributed by atoms with Gasteiger partial charge in [0.15, 0.2) is 0 Å². The minimum atomic E-state index is -0.595. The number of rotatable bonds is 8. The summed E-state index contributed by atoms with van der Waals surface area (Å²) in [5.41, 5.74) is 0. The van der Waals surface area contributed by atoms with E-state index in [2.05, 4.69) is 25.2 Å². The van der Waals surface area contributed by atoms with Crippen LogP contribution in [0.15, 0.2) is 24.3 Å². The first-order valence-electron chi connectivity index (χ1n) is 5.40. The van der Waals surface area contributed by atoms with Crippen LogP contribution in [-0.4, -0.2) is 22.9 Å². The minimum Gasteiger partial charge on any atom is -0.394 e. The van der Waals surface area contributed by atoms with Gasteiger partial charge in [-0.1, -0.05) is 37.6 Å². The largest absolute Gasteiger partial charge is 0.394 e. The van der Waals surface area contributed by atoms with Gasteiger partial charge in [0.1, 0.15) is 0 Å². The van der Waals surface area contributed by atoms with Gasteiger partial charge in [0, 0.05) is 0 Å². The first-order valence-corrected chi connectivity index (χ1v) is 5.40. The molecule has 0 saturated heterocycles. The van der Waals surface area contributed by atoms with Gasteiger partial charge in [-0.15, -0.1) is 0 Å². The van der Waals surface area contributed by atoms with Gasteiger partial charge in [0.05, 0.1) is 12.7 Å². The lowest BCUT2D eigenvalue weighted by molar-refractivity contribution is 0.0975. The normalized spacial score (nSPS) is 14.2. The molecule has 0 aromatic carbocycles. The van der Waals surface area contributed by atoms with E-state index >= 15 is 0 Å². The van der Waals surface area contributed by atoms with Crippen LogP contribution >= 0.6 is 0 Å². The predicted molar refractivity (Wildman–Crippen MR) is 60.1 cm³/mol. The third kappa shape index (κ3) is 9.49. The molecule has 0 fully saturated rings. The van der Waals surface area contributed by atoms with Crippen molar-refractivity contribution in [2.24, 2.45) is 0 Å². The maximum Gasteiger partial charge on any atom is 0.0805 e. The Morgan fingerprint density at radius 1 is 1.00 bits per heavy atom. The van der Waals surface area contributed by atoms with Crippen LogP contribution in [0, 0.1) is 0 Å². The summed E-state index contributed by atoms with van der Waals surface area (Å²) in [6.07, 6.45) is 12.8. The molecule has 14 heavy (non-hydrogen) atoms. The first kappa shape index (κ1) is 13.4. The molecule has 0 aromatic rings. The summed E-state index contributed by atoms with van der Waals surface area (Å²) in [5, 5.41) is 17.6. The summed E-state index contributed by atoms with van der Waals surface area (Å²) in [4.78, 5) is 0. The second kappa shape index (κ2) is 10.5. The molecule has 82 valence electrons. The fourth-order valence-corrected chi connectivity index (χ4v) is 1.04. The fourth-order valence-electron chi connectivity index (χ4n) is 1.04. The standard InChI is InChI=1S/C12H22O2/c1-2-3-4-5-6-7-8-9-10-12(14)11-13/h4-5,8-9,12-14H,2-3,6-7,10-11H2,1H3/b5-4+,9-8-. The van der Waals surface area contributed by atoms with Crippen molar-refractivity contribution in [1.82, 2.24) is 0 Å². The summed E-state index contributed by atoms with van der Waals surface area (Å²) in [5.74, 6) is 0. The number of hydrogen-bond donors (Lipinski definition) is 2. The van der Waals surface area contributed by atoms with Gasteiger partial charge in [0.25, 0.3) is 0 Å². The molecule has 1 unspecified atom stereocenters. The van der Waals surface area contributed by atoms with Gasteiger partial charge in [-0.2, -0.15) is 0 Å². The highest BCUT2D eigenvalue weighted by atomic mass is 16.3. The molecular formula is C12H22O2. The molecular weight excluding hydrogens is 176 g/mol. The number of unbranched alkanes of at least 4 members (excludes halogenated alkanes) is 2. The van der Waals surface area contributed by atoms with Crippen LogP contribution in [0.5, 0.6) is 0 Å². The fraction of sp³-hybridized carbons (Fsp3) is 0.667. The van der Waals surface area contributed by atoms with E-state index in [9.17, 15) is 0 Å². The summed E-state index contributed by atoms with van der Waals surface area (Å²) in [7, 11) is 0. The van der Waals surface area contributed by atoms with Gasteiger partial charge < -0.3 is 10.2 Å². The number of aliphatic hydroxyl groups excluding tert-OH is 2. The molecule has 2 heteroatoms. The maximum absolute atomic E-state index is 9.02. The average molecular weight is 198 g/mol. The van der Waals surface area contributed by atoms with Crippen LogP contribution in [0.4, 0.5) is 0 Å². The van der Waals surface area contributed by atoms with E-state index in [0.717, 1.165) is 19.3 Å². The SMILES string of the molecule is CCC/C=C/CC/C=C\CC(O)CO. The van der Waals surface area contributed by atoms with Gasteiger partial charge >= 0.3 is 0 Å². The van der Waals surface area contributed by atoms with E-state index in [-0.39, 0.29) is 6.61 Å². The van der Waals surface area contributed by atoms with Gasteiger partial charge in [-0.05, 0) is 25.7 Å². The summed E-state index contributed by atoms with van der Waals surface area (Å²) in [6.45, 7) is 2.02. The van der Waals surface area contributed by atoms with Crippen molar-refractivity contribution in [2.45, 2.75) is 45.1 Å². The molecule has 0 aliphatic rings.